The third-order valence-corrected chi connectivity index (χ3v) is 3.71. The highest BCUT2D eigenvalue weighted by molar-refractivity contribution is 6.33. The van der Waals surface area contributed by atoms with E-state index in [2.05, 4.69) is 10.2 Å². The summed E-state index contributed by atoms with van der Waals surface area (Å²) >= 11 is 11.8. The van der Waals surface area contributed by atoms with Crippen LogP contribution in [0.1, 0.15) is 19.8 Å². The minimum atomic E-state index is -0.795. The van der Waals surface area contributed by atoms with Gasteiger partial charge in [0.25, 0.3) is 0 Å². The second-order valence-electron chi connectivity index (χ2n) is 4.73. The van der Waals surface area contributed by atoms with Crippen molar-refractivity contribution in [2.45, 2.75) is 19.8 Å². The maximum atomic E-state index is 11.3. The number of carboxylic acids is 1. The van der Waals surface area contributed by atoms with Crippen LogP contribution >= 0.6 is 23.2 Å². The summed E-state index contributed by atoms with van der Waals surface area (Å²) in [6, 6.07) is 1.62. The van der Waals surface area contributed by atoms with Gasteiger partial charge >= 0.3 is 5.97 Å². The summed E-state index contributed by atoms with van der Waals surface area (Å²) in [5.74, 6) is -0.795. The first kappa shape index (κ1) is 13.4. The summed E-state index contributed by atoms with van der Waals surface area (Å²) in [6.07, 6.45) is 1.45. The molecule has 1 atom stereocenters. The van der Waals surface area contributed by atoms with Crippen LogP contribution in [-0.2, 0) is 4.79 Å². The van der Waals surface area contributed by atoms with Gasteiger partial charge in [0.15, 0.2) is 10.3 Å². The van der Waals surface area contributed by atoms with E-state index in [1.54, 1.807) is 13.0 Å². The van der Waals surface area contributed by atoms with Gasteiger partial charge in [-0.3, -0.25) is 4.79 Å². The molecule has 0 bridgehead atoms. The van der Waals surface area contributed by atoms with E-state index in [1.807, 2.05) is 4.90 Å². The van der Waals surface area contributed by atoms with Gasteiger partial charge in [-0.15, -0.1) is 10.2 Å². The molecule has 1 saturated heterocycles. The van der Waals surface area contributed by atoms with Gasteiger partial charge < -0.3 is 10.0 Å². The molecule has 2 heterocycles. The summed E-state index contributed by atoms with van der Waals surface area (Å²) in [5, 5.41) is 17.2. The predicted octanol–water partition coefficient (Wildman–Crippen LogP) is 2.47. The summed E-state index contributed by atoms with van der Waals surface area (Å²) in [6.45, 7) is 2.88. The van der Waals surface area contributed by atoms with E-state index in [0.29, 0.717) is 18.7 Å². The highest BCUT2D eigenvalue weighted by Gasteiger charge is 2.38. The van der Waals surface area contributed by atoms with Crippen molar-refractivity contribution in [2.75, 3.05) is 18.0 Å². The first-order valence-electron chi connectivity index (χ1n) is 5.59. The molecule has 0 aliphatic carbocycles. The highest BCUT2D eigenvalue weighted by atomic mass is 35.5. The van der Waals surface area contributed by atoms with Crippen LogP contribution < -0.4 is 4.90 Å². The molecule has 1 unspecified atom stereocenters. The maximum absolute atomic E-state index is 11.3. The fourth-order valence-corrected chi connectivity index (χ4v) is 2.54. The molecular formula is C11H13Cl2N3O2. The summed E-state index contributed by atoms with van der Waals surface area (Å²) < 4.78 is 0. The lowest BCUT2D eigenvalue weighted by atomic mass is 9.82. The number of hydrogen-bond donors (Lipinski definition) is 1. The molecule has 0 aromatic carbocycles. The topological polar surface area (TPSA) is 66.3 Å². The number of hydrogen-bond acceptors (Lipinski definition) is 4. The Kier molecular flexibility index (Phi) is 3.64. The van der Waals surface area contributed by atoms with Crippen LogP contribution in [0.5, 0.6) is 0 Å². The van der Waals surface area contributed by atoms with Crippen molar-refractivity contribution in [2.24, 2.45) is 5.41 Å². The molecule has 1 aliphatic rings. The van der Waals surface area contributed by atoms with Crippen molar-refractivity contribution in [1.82, 2.24) is 10.2 Å². The van der Waals surface area contributed by atoms with Crippen LogP contribution in [0.2, 0.25) is 10.3 Å². The lowest BCUT2D eigenvalue weighted by Crippen LogP contribution is -2.46. The molecule has 7 heteroatoms. The molecule has 98 valence electrons. The number of aromatic nitrogens is 2. The molecule has 1 fully saturated rings. The van der Waals surface area contributed by atoms with Crippen LogP contribution in [0, 0.1) is 5.41 Å². The number of aliphatic carboxylic acids is 1. The lowest BCUT2D eigenvalue weighted by molar-refractivity contribution is -0.148. The average Bonchev–Trinajstić information content (AvgIpc) is 2.32. The molecular weight excluding hydrogens is 277 g/mol. The van der Waals surface area contributed by atoms with Crippen LogP contribution in [0.25, 0.3) is 0 Å². The van der Waals surface area contributed by atoms with Gasteiger partial charge in [0, 0.05) is 19.2 Å². The predicted molar refractivity (Wildman–Crippen MR) is 69.2 cm³/mol. The fourth-order valence-electron chi connectivity index (χ4n) is 2.19. The number of piperidine rings is 1. The summed E-state index contributed by atoms with van der Waals surface area (Å²) in [4.78, 5) is 13.2. The molecule has 0 amide bonds. The number of carbonyl (C=O) groups is 1. The summed E-state index contributed by atoms with van der Waals surface area (Å²) in [7, 11) is 0. The molecule has 0 radical (unpaired) electrons. The maximum Gasteiger partial charge on any atom is 0.311 e. The Bertz CT molecular complexity index is 483. The molecule has 0 spiro atoms. The van der Waals surface area contributed by atoms with Crippen molar-refractivity contribution in [3.63, 3.8) is 0 Å². The molecule has 0 saturated carbocycles. The largest absolute Gasteiger partial charge is 0.481 e. The first-order valence-corrected chi connectivity index (χ1v) is 6.35. The minimum absolute atomic E-state index is 0.244. The average molecular weight is 290 g/mol. The summed E-state index contributed by atoms with van der Waals surface area (Å²) in [5.41, 5.74) is -0.124. The van der Waals surface area contributed by atoms with E-state index < -0.39 is 11.4 Å². The third-order valence-electron chi connectivity index (χ3n) is 3.25. The SMILES string of the molecule is CC1(C(=O)O)CCCN(c2cc(Cl)nnc2Cl)C1. The van der Waals surface area contributed by atoms with Crippen LogP contribution in [0.3, 0.4) is 0 Å². The van der Waals surface area contributed by atoms with Gasteiger partial charge in [-0.05, 0) is 19.8 Å². The van der Waals surface area contributed by atoms with E-state index >= 15 is 0 Å². The number of anilines is 1. The highest BCUT2D eigenvalue weighted by Crippen LogP contribution is 2.35. The van der Waals surface area contributed by atoms with E-state index in [1.165, 1.54) is 0 Å². The molecule has 1 aromatic heterocycles. The quantitative estimate of drug-likeness (QED) is 0.906. The number of carboxylic acid groups (broad SMARTS) is 1. The Labute approximate surface area is 115 Å². The molecule has 1 N–H and O–H groups in total. The fraction of sp³-hybridized carbons (Fsp3) is 0.545. The zero-order valence-electron chi connectivity index (χ0n) is 9.86. The standard InChI is InChI=1S/C11H13Cl2N3O2/c1-11(10(17)18)3-2-4-16(6-11)7-5-8(12)14-15-9(7)13/h5H,2-4,6H2,1H3,(H,17,18). The second kappa shape index (κ2) is 4.90. The lowest BCUT2D eigenvalue weighted by Gasteiger charge is -2.38. The van der Waals surface area contributed by atoms with Crippen molar-refractivity contribution in [3.05, 3.63) is 16.4 Å². The zero-order valence-corrected chi connectivity index (χ0v) is 11.4. The number of rotatable bonds is 2. The van der Waals surface area contributed by atoms with Gasteiger partial charge in [0.2, 0.25) is 0 Å². The second-order valence-corrected chi connectivity index (χ2v) is 5.48. The Morgan fingerprint density at radius 2 is 2.22 bits per heavy atom. The normalized spacial score (nSPS) is 24.1. The molecule has 1 aromatic rings. The monoisotopic (exact) mass is 289 g/mol. The zero-order chi connectivity index (χ0) is 13.3. The van der Waals surface area contributed by atoms with Gasteiger partial charge in [0.05, 0.1) is 11.1 Å². The van der Waals surface area contributed by atoms with Crippen molar-refractivity contribution >= 4 is 34.9 Å². The van der Waals surface area contributed by atoms with E-state index in [-0.39, 0.29) is 10.3 Å². The van der Waals surface area contributed by atoms with Gasteiger partial charge in [-0.25, -0.2) is 0 Å². The van der Waals surface area contributed by atoms with E-state index in [4.69, 9.17) is 23.2 Å². The van der Waals surface area contributed by atoms with Gasteiger partial charge in [-0.1, -0.05) is 23.2 Å². The minimum Gasteiger partial charge on any atom is -0.481 e. The molecule has 1 aliphatic heterocycles. The number of halogens is 2. The van der Waals surface area contributed by atoms with E-state index in [0.717, 1.165) is 13.0 Å². The molecule has 2 rings (SSSR count). The first-order chi connectivity index (χ1) is 8.42. The molecule has 18 heavy (non-hydrogen) atoms. The number of nitrogens with zero attached hydrogens (tertiary/aromatic N) is 3. The van der Waals surface area contributed by atoms with E-state index in [9.17, 15) is 9.90 Å². The Morgan fingerprint density at radius 3 is 2.89 bits per heavy atom. The smallest absolute Gasteiger partial charge is 0.311 e. The Balaban J connectivity index is 2.28. The molecule has 5 nitrogen and oxygen atoms in total. The van der Waals surface area contributed by atoms with Crippen molar-refractivity contribution in [3.8, 4) is 0 Å². The van der Waals surface area contributed by atoms with Crippen LogP contribution in [-0.4, -0.2) is 34.4 Å². The van der Waals surface area contributed by atoms with Crippen molar-refractivity contribution in [1.29, 1.82) is 0 Å². The third kappa shape index (κ3) is 2.52. The van der Waals surface area contributed by atoms with Crippen LogP contribution in [0.15, 0.2) is 6.07 Å². The Hall–Kier alpha value is -1.07. The van der Waals surface area contributed by atoms with Crippen molar-refractivity contribution < 1.29 is 9.90 Å². The van der Waals surface area contributed by atoms with Gasteiger partial charge in [0.1, 0.15) is 0 Å². The Morgan fingerprint density at radius 1 is 1.50 bits per heavy atom. The van der Waals surface area contributed by atoms with Crippen LogP contribution in [0.4, 0.5) is 5.69 Å². The van der Waals surface area contributed by atoms with Gasteiger partial charge in [-0.2, -0.15) is 0 Å².